The van der Waals surface area contributed by atoms with Crippen LogP contribution in [0.15, 0.2) is 38.5 Å². The fourth-order valence-electron chi connectivity index (χ4n) is 1.18. The van der Waals surface area contributed by atoms with E-state index in [0.29, 0.717) is 10.0 Å². The summed E-state index contributed by atoms with van der Waals surface area (Å²) in [5.41, 5.74) is 0.314. The second kappa shape index (κ2) is 5.06. The van der Waals surface area contributed by atoms with Gasteiger partial charge in [-0.25, -0.2) is 13.4 Å². The third-order valence-electron chi connectivity index (χ3n) is 1.97. The molecule has 0 unspecified atom stereocenters. The van der Waals surface area contributed by atoms with Gasteiger partial charge in [0, 0.05) is 12.3 Å². The number of anilines is 1. The van der Waals surface area contributed by atoms with Gasteiger partial charge in [-0.2, -0.15) is 5.26 Å². The molecular weight excluding hydrogens is 338 g/mol. The summed E-state index contributed by atoms with van der Waals surface area (Å²) in [6.07, 6.45) is 1.38. The molecule has 0 bridgehead atoms. The van der Waals surface area contributed by atoms with Crippen LogP contribution in [0.1, 0.15) is 5.56 Å². The number of hydrogen-bond donors (Lipinski definition) is 1. The van der Waals surface area contributed by atoms with Crippen LogP contribution in [-0.2, 0) is 10.0 Å². The van der Waals surface area contributed by atoms with E-state index in [-0.39, 0.29) is 10.0 Å². The van der Waals surface area contributed by atoms with E-state index in [1.54, 1.807) is 11.4 Å². The lowest BCUT2D eigenvalue weighted by molar-refractivity contribution is 0.603. The van der Waals surface area contributed by atoms with E-state index in [4.69, 9.17) is 5.26 Å². The van der Waals surface area contributed by atoms with Crippen molar-refractivity contribution in [2.45, 2.75) is 4.21 Å². The lowest BCUT2D eigenvalue weighted by atomic mass is 10.3. The maximum atomic E-state index is 11.9. The van der Waals surface area contributed by atoms with Crippen LogP contribution in [0.2, 0.25) is 0 Å². The van der Waals surface area contributed by atoms with Crippen LogP contribution in [0.25, 0.3) is 0 Å². The summed E-state index contributed by atoms with van der Waals surface area (Å²) >= 11 is 4.26. The Balaban J connectivity index is 2.34. The minimum atomic E-state index is -3.63. The number of nitrogens with one attached hydrogen (secondary N) is 1. The predicted molar refractivity (Wildman–Crippen MR) is 71.8 cm³/mol. The summed E-state index contributed by atoms with van der Waals surface area (Å²) < 4.78 is 26.9. The zero-order chi connectivity index (χ0) is 13.2. The maximum absolute atomic E-state index is 11.9. The summed E-state index contributed by atoms with van der Waals surface area (Å²) in [4.78, 5) is 3.90. The quantitative estimate of drug-likeness (QED) is 0.928. The highest BCUT2D eigenvalue weighted by molar-refractivity contribution is 9.10. The summed E-state index contributed by atoms with van der Waals surface area (Å²) in [5, 5.41) is 10.5. The van der Waals surface area contributed by atoms with Gasteiger partial charge in [0.25, 0.3) is 10.0 Å². The molecule has 1 N–H and O–H groups in total. The van der Waals surface area contributed by atoms with E-state index < -0.39 is 10.0 Å². The van der Waals surface area contributed by atoms with Gasteiger partial charge < -0.3 is 0 Å². The maximum Gasteiger partial charge on any atom is 0.272 e. The van der Waals surface area contributed by atoms with Crippen LogP contribution in [-0.4, -0.2) is 13.4 Å². The Labute approximate surface area is 116 Å². The molecule has 0 radical (unpaired) electrons. The molecule has 2 rings (SSSR count). The molecule has 0 aromatic carbocycles. The lowest BCUT2D eigenvalue weighted by Gasteiger charge is -2.05. The first-order valence-corrected chi connectivity index (χ1v) is 7.80. The number of nitriles is 1. The molecule has 0 aliphatic carbocycles. The summed E-state index contributed by atoms with van der Waals surface area (Å²) in [7, 11) is -3.63. The third kappa shape index (κ3) is 2.69. The van der Waals surface area contributed by atoms with Gasteiger partial charge in [0.1, 0.15) is 16.1 Å². The van der Waals surface area contributed by atoms with E-state index in [2.05, 4.69) is 25.6 Å². The number of halogens is 1. The SMILES string of the molecule is N#Cc1cc(NS(=O)(=O)c2cccs2)ncc1Br. The number of nitrogens with zero attached hydrogens (tertiary/aromatic N) is 2. The molecule has 0 aliphatic heterocycles. The summed E-state index contributed by atoms with van der Waals surface area (Å²) in [5.74, 6) is 0.114. The Morgan fingerprint density at radius 2 is 2.28 bits per heavy atom. The lowest BCUT2D eigenvalue weighted by Crippen LogP contribution is -2.12. The molecule has 0 aliphatic rings. The molecule has 92 valence electrons. The average molecular weight is 344 g/mol. The van der Waals surface area contributed by atoms with Gasteiger partial charge in [-0.05, 0) is 27.4 Å². The molecule has 18 heavy (non-hydrogen) atoms. The molecule has 0 amide bonds. The molecule has 2 heterocycles. The molecule has 0 spiro atoms. The van der Waals surface area contributed by atoms with Crippen LogP contribution < -0.4 is 4.72 Å². The predicted octanol–water partition coefficient (Wildman–Crippen LogP) is 2.58. The molecule has 8 heteroatoms. The Kier molecular flexibility index (Phi) is 3.65. The normalized spacial score (nSPS) is 10.9. The number of rotatable bonds is 3. The zero-order valence-electron chi connectivity index (χ0n) is 8.79. The molecule has 0 atom stereocenters. The topological polar surface area (TPSA) is 82.9 Å². The van der Waals surface area contributed by atoms with Crippen LogP contribution >= 0.6 is 27.3 Å². The van der Waals surface area contributed by atoms with Gasteiger partial charge in [-0.15, -0.1) is 11.3 Å². The number of hydrogen-bond acceptors (Lipinski definition) is 5. The highest BCUT2D eigenvalue weighted by Gasteiger charge is 2.16. The fraction of sp³-hybridized carbons (Fsp3) is 0. The molecule has 0 saturated heterocycles. The second-order valence-corrected chi connectivity index (χ2v) is 6.91. The first-order chi connectivity index (χ1) is 8.53. The number of aromatic nitrogens is 1. The number of sulfonamides is 1. The van der Waals surface area contributed by atoms with E-state index in [9.17, 15) is 8.42 Å². The van der Waals surface area contributed by atoms with Gasteiger partial charge in [-0.3, -0.25) is 4.72 Å². The minimum Gasteiger partial charge on any atom is -0.263 e. The van der Waals surface area contributed by atoms with Gasteiger partial charge >= 0.3 is 0 Å². The van der Waals surface area contributed by atoms with Crippen molar-refractivity contribution in [2.75, 3.05) is 4.72 Å². The first-order valence-electron chi connectivity index (χ1n) is 4.65. The Morgan fingerprint density at radius 3 is 2.89 bits per heavy atom. The van der Waals surface area contributed by atoms with Crippen LogP contribution in [0, 0.1) is 11.3 Å². The molecule has 0 saturated carbocycles. The van der Waals surface area contributed by atoms with E-state index in [0.717, 1.165) is 11.3 Å². The first kappa shape index (κ1) is 13.0. The molecule has 2 aromatic heterocycles. The molecular formula is C10H6BrN3O2S2. The highest BCUT2D eigenvalue weighted by atomic mass is 79.9. The van der Waals surface area contributed by atoms with Crippen molar-refractivity contribution >= 4 is 43.1 Å². The summed E-state index contributed by atoms with van der Waals surface area (Å²) in [6.45, 7) is 0. The molecule has 5 nitrogen and oxygen atoms in total. The fourth-order valence-corrected chi connectivity index (χ4v) is 3.48. The third-order valence-corrected chi connectivity index (χ3v) is 5.36. The summed E-state index contributed by atoms with van der Waals surface area (Å²) in [6, 6.07) is 6.45. The van der Waals surface area contributed by atoms with Crippen molar-refractivity contribution in [2.24, 2.45) is 0 Å². The minimum absolute atomic E-state index is 0.114. The second-order valence-electron chi connectivity index (χ2n) is 3.20. The van der Waals surface area contributed by atoms with Gasteiger partial charge in [0.05, 0.1) is 10.0 Å². The number of pyridine rings is 1. The largest absolute Gasteiger partial charge is 0.272 e. The van der Waals surface area contributed by atoms with E-state index in [1.165, 1.54) is 18.3 Å². The Bertz CT molecular complexity index is 705. The molecule has 2 aromatic rings. The Hall–Kier alpha value is -1.43. The van der Waals surface area contributed by atoms with Crippen molar-refractivity contribution in [3.8, 4) is 6.07 Å². The monoisotopic (exact) mass is 343 g/mol. The van der Waals surface area contributed by atoms with E-state index in [1.807, 2.05) is 6.07 Å². The van der Waals surface area contributed by atoms with Crippen LogP contribution in [0.3, 0.4) is 0 Å². The van der Waals surface area contributed by atoms with Crippen molar-refractivity contribution in [3.05, 3.63) is 39.8 Å². The van der Waals surface area contributed by atoms with Crippen LogP contribution in [0.5, 0.6) is 0 Å². The van der Waals surface area contributed by atoms with Gasteiger partial charge in [0.15, 0.2) is 0 Å². The van der Waals surface area contributed by atoms with Crippen molar-refractivity contribution in [1.82, 2.24) is 4.98 Å². The standard InChI is InChI=1S/C10H6BrN3O2S2/c11-8-6-13-9(4-7(8)5-12)14-18(15,16)10-2-1-3-17-10/h1-4,6H,(H,13,14). The van der Waals surface area contributed by atoms with Crippen molar-refractivity contribution in [3.63, 3.8) is 0 Å². The van der Waals surface area contributed by atoms with Gasteiger partial charge in [0.2, 0.25) is 0 Å². The zero-order valence-corrected chi connectivity index (χ0v) is 12.0. The van der Waals surface area contributed by atoms with Crippen molar-refractivity contribution < 1.29 is 8.42 Å². The highest BCUT2D eigenvalue weighted by Crippen LogP contribution is 2.22. The van der Waals surface area contributed by atoms with Crippen LogP contribution in [0.4, 0.5) is 5.82 Å². The Morgan fingerprint density at radius 1 is 1.50 bits per heavy atom. The van der Waals surface area contributed by atoms with E-state index >= 15 is 0 Å². The van der Waals surface area contributed by atoms with Gasteiger partial charge in [-0.1, -0.05) is 6.07 Å². The average Bonchev–Trinajstić information content (AvgIpc) is 2.85. The molecule has 0 fully saturated rings. The smallest absolute Gasteiger partial charge is 0.263 e. The van der Waals surface area contributed by atoms with Crippen molar-refractivity contribution in [1.29, 1.82) is 5.26 Å². The number of thiophene rings is 1.